The molecule has 1 N–H and O–H groups in total. The smallest absolute Gasteiger partial charge is 0.107 e. The van der Waals surface area contributed by atoms with Crippen LogP contribution in [0.15, 0.2) is 0 Å². The zero-order chi connectivity index (χ0) is 11.6. The number of aliphatic hydroxyl groups is 1. The second-order valence-electron chi connectivity index (χ2n) is 5.06. The highest BCUT2D eigenvalue weighted by atomic mass is 16.6. The number of ether oxygens (including phenoxy) is 1. The van der Waals surface area contributed by atoms with Crippen molar-refractivity contribution >= 4 is 0 Å². The minimum atomic E-state index is -0.190. The minimum Gasteiger partial charge on any atom is -0.390 e. The van der Waals surface area contributed by atoms with Gasteiger partial charge >= 0.3 is 0 Å². The van der Waals surface area contributed by atoms with Crippen molar-refractivity contribution < 1.29 is 9.84 Å². The summed E-state index contributed by atoms with van der Waals surface area (Å²) >= 11 is 0. The maximum absolute atomic E-state index is 9.56. The van der Waals surface area contributed by atoms with Crippen LogP contribution in [0.3, 0.4) is 0 Å². The highest BCUT2D eigenvalue weighted by Gasteiger charge is 2.30. The first-order valence-corrected chi connectivity index (χ1v) is 7.14. The second kappa shape index (κ2) is 9.00. The van der Waals surface area contributed by atoms with Crippen LogP contribution in [0.5, 0.6) is 0 Å². The summed E-state index contributed by atoms with van der Waals surface area (Å²) in [5.74, 6) is 0. The first kappa shape index (κ1) is 14.0. The molecule has 0 aromatic heterocycles. The summed E-state index contributed by atoms with van der Waals surface area (Å²) in [6.07, 6.45) is 13.0. The summed E-state index contributed by atoms with van der Waals surface area (Å²) in [4.78, 5) is 0. The molecular weight excluding hydrogens is 200 g/mol. The van der Waals surface area contributed by atoms with E-state index in [0.29, 0.717) is 0 Å². The van der Waals surface area contributed by atoms with Crippen LogP contribution in [-0.4, -0.2) is 23.9 Å². The number of aliphatic hydroxyl groups excluding tert-OH is 1. The molecule has 2 heteroatoms. The van der Waals surface area contributed by atoms with Gasteiger partial charge < -0.3 is 9.84 Å². The third-order valence-electron chi connectivity index (χ3n) is 3.39. The lowest BCUT2D eigenvalue weighted by atomic mass is 10.0. The van der Waals surface area contributed by atoms with E-state index in [1.807, 2.05) is 0 Å². The van der Waals surface area contributed by atoms with Crippen molar-refractivity contribution in [2.75, 3.05) is 6.61 Å². The van der Waals surface area contributed by atoms with E-state index in [-0.39, 0.29) is 12.2 Å². The van der Waals surface area contributed by atoms with Crippen LogP contribution in [0.4, 0.5) is 0 Å². The third kappa shape index (κ3) is 7.24. The maximum Gasteiger partial charge on any atom is 0.107 e. The predicted molar refractivity (Wildman–Crippen MR) is 67.6 cm³/mol. The summed E-state index contributed by atoms with van der Waals surface area (Å²) in [7, 11) is 0. The summed E-state index contributed by atoms with van der Waals surface area (Å²) < 4.78 is 5.05. The van der Waals surface area contributed by atoms with Gasteiger partial charge in [0, 0.05) is 0 Å². The fourth-order valence-corrected chi connectivity index (χ4v) is 2.13. The first-order valence-electron chi connectivity index (χ1n) is 7.14. The van der Waals surface area contributed by atoms with E-state index >= 15 is 0 Å². The molecule has 2 atom stereocenters. The Labute approximate surface area is 100 Å². The topological polar surface area (TPSA) is 32.8 Å². The zero-order valence-electron chi connectivity index (χ0n) is 10.8. The average Bonchev–Trinajstić information content (AvgIpc) is 3.10. The SMILES string of the molecule is CCCCCCCCCCC[C@@H](O)[C@@H]1CO1. The molecule has 0 amide bonds. The fraction of sp³-hybridized carbons (Fsp3) is 1.00. The molecule has 2 nitrogen and oxygen atoms in total. The van der Waals surface area contributed by atoms with E-state index in [1.54, 1.807) is 0 Å². The van der Waals surface area contributed by atoms with Gasteiger partial charge in [0.25, 0.3) is 0 Å². The fourth-order valence-electron chi connectivity index (χ4n) is 2.13. The van der Waals surface area contributed by atoms with E-state index in [1.165, 1.54) is 51.4 Å². The lowest BCUT2D eigenvalue weighted by molar-refractivity contribution is 0.123. The Hall–Kier alpha value is -0.0800. The standard InChI is InChI=1S/C14H28O2/c1-2-3-4-5-6-7-8-9-10-11-13(15)14-12-16-14/h13-15H,2-12H2,1H3/t13-,14+/m1/s1. The normalized spacial score (nSPS) is 21.0. The van der Waals surface area contributed by atoms with Gasteiger partial charge in [0.2, 0.25) is 0 Å². The van der Waals surface area contributed by atoms with Gasteiger partial charge in [-0.15, -0.1) is 0 Å². The van der Waals surface area contributed by atoms with Gasteiger partial charge in [-0.2, -0.15) is 0 Å². The summed E-state index contributed by atoms with van der Waals surface area (Å²) in [5, 5.41) is 9.56. The van der Waals surface area contributed by atoms with Gasteiger partial charge in [-0.05, 0) is 6.42 Å². The average molecular weight is 228 g/mol. The number of epoxide rings is 1. The van der Waals surface area contributed by atoms with Gasteiger partial charge in [-0.25, -0.2) is 0 Å². The Kier molecular flexibility index (Phi) is 7.87. The molecule has 0 spiro atoms. The molecule has 1 fully saturated rings. The van der Waals surface area contributed by atoms with Crippen LogP contribution in [0.2, 0.25) is 0 Å². The van der Waals surface area contributed by atoms with Gasteiger partial charge in [0.1, 0.15) is 6.10 Å². The summed E-state index contributed by atoms with van der Waals surface area (Å²) in [6.45, 7) is 3.04. The van der Waals surface area contributed by atoms with Crippen LogP contribution in [0.1, 0.15) is 71.1 Å². The molecule has 1 heterocycles. The molecule has 1 rings (SSSR count). The molecule has 1 aliphatic heterocycles. The zero-order valence-corrected chi connectivity index (χ0v) is 10.8. The second-order valence-corrected chi connectivity index (χ2v) is 5.06. The molecular formula is C14H28O2. The molecule has 96 valence electrons. The van der Waals surface area contributed by atoms with Crippen molar-refractivity contribution in [2.45, 2.75) is 83.3 Å². The minimum absolute atomic E-state index is 0.175. The van der Waals surface area contributed by atoms with E-state index in [4.69, 9.17) is 4.74 Å². The third-order valence-corrected chi connectivity index (χ3v) is 3.39. The van der Waals surface area contributed by atoms with Crippen molar-refractivity contribution in [3.8, 4) is 0 Å². The van der Waals surface area contributed by atoms with E-state index in [9.17, 15) is 5.11 Å². The van der Waals surface area contributed by atoms with E-state index in [2.05, 4.69) is 6.92 Å². The van der Waals surface area contributed by atoms with Gasteiger partial charge in [-0.3, -0.25) is 0 Å². The van der Waals surface area contributed by atoms with Gasteiger partial charge in [0.15, 0.2) is 0 Å². The first-order chi connectivity index (χ1) is 7.84. The molecule has 16 heavy (non-hydrogen) atoms. The van der Waals surface area contributed by atoms with Crippen LogP contribution in [0.25, 0.3) is 0 Å². The monoisotopic (exact) mass is 228 g/mol. The Morgan fingerprint density at radius 3 is 2.00 bits per heavy atom. The van der Waals surface area contributed by atoms with E-state index in [0.717, 1.165) is 19.4 Å². The van der Waals surface area contributed by atoms with Crippen molar-refractivity contribution in [1.29, 1.82) is 0 Å². The molecule has 0 aromatic carbocycles. The molecule has 0 unspecified atom stereocenters. The number of hydrogen-bond donors (Lipinski definition) is 1. The van der Waals surface area contributed by atoms with Gasteiger partial charge in [0.05, 0.1) is 12.7 Å². The Morgan fingerprint density at radius 2 is 1.50 bits per heavy atom. The molecule has 0 radical (unpaired) electrons. The quantitative estimate of drug-likeness (QED) is 0.432. The highest BCUT2D eigenvalue weighted by molar-refractivity contribution is 4.77. The van der Waals surface area contributed by atoms with Crippen LogP contribution in [-0.2, 0) is 4.74 Å². The van der Waals surface area contributed by atoms with Gasteiger partial charge in [-0.1, -0.05) is 64.7 Å². The Balaban J connectivity index is 1.71. The van der Waals surface area contributed by atoms with Crippen molar-refractivity contribution in [2.24, 2.45) is 0 Å². The molecule has 1 aliphatic rings. The number of hydrogen-bond acceptors (Lipinski definition) is 2. The predicted octanol–water partition coefficient (Wildman–Crippen LogP) is 3.67. The number of rotatable bonds is 11. The van der Waals surface area contributed by atoms with Crippen molar-refractivity contribution in [3.05, 3.63) is 0 Å². The largest absolute Gasteiger partial charge is 0.390 e. The van der Waals surface area contributed by atoms with E-state index < -0.39 is 0 Å². The molecule has 0 saturated carbocycles. The highest BCUT2D eigenvalue weighted by Crippen LogP contribution is 2.19. The molecule has 0 aromatic rings. The van der Waals surface area contributed by atoms with Crippen molar-refractivity contribution in [1.82, 2.24) is 0 Å². The maximum atomic E-state index is 9.56. The lowest BCUT2D eigenvalue weighted by Crippen LogP contribution is -2.13. The lowest BCUT2D eigenvalue weighted by Gasteiger charge is -2.06. The Bertz CT molecular complexity index is 155. The number of unbranched alkanes of at least 4 members (excludes halogenated alkanes) is 8. The molecule has 0 aliphatic carbocycles. The molecule has 1 saturated heterocycles. The van der Waals surface area contributed by atoms with Crippen LogP contribution < -0.4 is 0 Å². The van der Waals surface area contributed by atoms with Crippen LogP contribution in [0, 0.1) is 0 Å². The van der Waals surface area contributed by atoms with Crippen molar-refractivity contribution in [3.63, 3.8) is 0 Å². The summed E-state index contributed by atoms with van der Waals surface area (Å²) in [6, 6.07) is 0. The summed E-state index contributed by atoms with van der Waals surface area (Å²) in [5.41, 5.74) is 0. The molecule has 0 bridgehead atoms. The van der Waals surface area contributed by atoms with Crippen LogP contribution >= 0.6 is 0 Å². The Morgan fingerprint density at radius 1 is 1.00 bits per heavy atom.